The van der Waals surface area contributed by atoms with Crippen LogP contribution < -0.4 is 10.6 Å². The number of hydrogen-bond donors (Lipinski definition) is 2. The Hall–Kier alpha value is -1.03. The molecule has 8 heteroatoms. The summed E-state index contributed by atoms with van der Waals surface area (Å²) in [4.78, 5) is 18.2. The van der Waals surface area contributed by atoms with Gasteiger partial charge in [-0.2, -0.15) is 11.8 Å². The fraction of sp³-hybridized carbons (Fsp3) is 0.579. The summed E-state index contributed by atoms with van der Waals surface area (Å²) >= 11 is 1.67. The molecule has 0 aromatic heterocycles. The van der Waals surface area contributed by atoms with E-state index in [1.165, 1.54) is 6.07 Å². The fourth-order valence-electron chi connectivity index (χ4n) is 2.96. The van der Waals surface area contributed by atoms with Crippen LogP contribution in [-0.2, 0) is 17.1 Å². The maximum atomic E-state index is 13.5. The second-order valence-electron chi connectivity index (χ2n) is 6.31. The lowest BCUT2D eigenvalue weighted by Crippen LogP contribution is -2.39. The molecule has 0 spiro atoms. The molecule has 0 unspecified atom stereocenters. The van der Waals surface area contributed by atoms with Crippen LogP contribution in [0.2, 0.25) is 0 Å². The third-order valence-electron chi connectivity index (χ3n) is 4.29. The summed E-state index contributed by atoms with van der Waals surface area (Å²) < 4.78 is 13.5. The number of thioether (sulfide) groups is 1. The number of carbonyl (C=O) groups excluding carboxylic acids is 1. The second-order valence-corrected chi connectivity index (χ2v) is 7.17. The summed E-state index contributed by atoms with van der Waals surface area (Å²) in [5.74, 6) is 1.59. The third-order valence-corrected chi connectivity index (χ3v) is 4.89. The van der Waals surface area contributed by atoms with E-state index in [1.807, 2.05) is 24.1 Å². The van der Waals surface area contributed by atoms with Gasteiger partial charge in [-0.3, -0.25) is 4.79 Å². The normalized spacial score (nSPS) is 14.3. The summed E-state index contributed by atoms with van der Waals surface area (Å²) in [6.07, 6.45) is 4.57. The van der Waals surface area contributed by atoms with Crippen molar-refractivity contribution in [2.45, 2.75) is 38.5 Å². The Morgan fingerprint density at radius 2 is 2.15 bits per heavy atom. The number of halogens is 2. The maximum Gasteiger partial charge on any atom is 0.222 e. The molecule has 2 N–H and O–H groups in total. The zero-order valence-corrected chi connectivity index (χ0v) is 19.2. The lowest BCUT2D eigenvalue weighted by atomic mass is 10.1. The van der Waals surface area contributed by atoms with Gasteiger partial charge in [0.25, 0.3) is 0 Å². The fourth-order valence-corrected chi connectivity index (χ4v) is 3.54. The van der Waals surface area contributed by atoms with Gasteiger partial charge in [-0.15, -0.1) is 24.0 Å². The Morgan fingerprint density at radius 1 is 1.33 bits per heavy atom. The zero-order chi connectivity index (χ0) is 18.8. The predicted octanol–water partition coefficient (Wildman–Crippen LogP) is 3.37. The van der Waals surface area contributed by atoms with Crippen LogP contribution in [0.25, 0.3) is 0 Å². The van der Waals surface area contributed by atoms with Crippen LogP contribution in [-0.4, -0.2) is 49.2 Å². The first-order valence-corrected chi connectivity index (χ1v) is 10.6. The standard InChI is InChI=1S/C19H29FN4OS.HI/c1-3-21-19(22-9-5-11-24-10-4-6-18(24)25)23-13-15-7-8-17(20)12-16(15)14-26-2;/h7-8,12H,3-6,9-11,13-14H2,1-2H3,(H2,21,22,23);1H. The molecular weight excluding hydrogens is 478 g/mol. The Balaban J connectivity index is 0.00000364. The molecule has 5 nitrogen and oxygen atoms in total. The van der Waals surface area contributed by atoms with E-state index in [0.29, 0.717) is 13.0 Å². The van der Waals surface area contributed by atoms with Gasteiger partial charge in [0.1, 0.15) is 5.82 Å². The molecule has 0 saturated carbocycles. The molecule has 1 aliphatic rings. The Labute approximate surface area is 183 Å². The molecule has 1 amide bonds. The highest BCUT2D eigenvalue weighted by molar-refractivity contribution is 14.0. The number of hydrogen-bond acceptors (Lipinski definition) is 3. The highest BCUT2D eigenvalue weighted by Crippen LogP contribution is 2.17. The molecule has 2 rings (SSSR count). The van der Waals surface area contributed by atoms with Gasteiger partial charge >= 0.3 is 0 Å². The van der Waals surface area contributed by atoms with E-state index in [2.05, 4.69) is 15.6 Å². The van der Waals surface area contributed by atoms with Crippen LogP contribution in [0.1, 0.15) is 37.3 Å². The molecule has 0 bridgehead atoms. The number of rotatable bonds is 9. The number of amides is 1. The average Bonchev–Trinajstić information content (AvgIpc) is 3.03. The van der Waals surface area contributed by atoms with Crippen LogP contribution >= 0.6 is 35.7 Å². The van der Waals surface area contributed by atoms with Crippen molar-refractivity contribution in [3.05, 3.63) is 35.1 Å². The summed E-state index contributed by atoms with van der Waals surface area (Å²) in [6, 6.07) is 4.89. The average molecular weight is 508 g/mol. The van der Waals surface area contributed by atoms with E-state index in [0.717, 1.165) is 61.9 Å². The minimum absolute atomic E-state index is 0. The van der Waals surface area contributed by atoms with E-state index in [9.17, 15) is 9.18 Å². The molecular formula is C19H30FIN4OS. The third kappa shape index (κ3) is 8.25. The van der Waals surface area contributed by atoms with Gasteiger partial charge in [0, 0.05) is 38.4 Å². The molecule has 1 aromatic rings. The van der Waals surface area contributed by atoms with Crippen LogP contribution in [0.4, 0.5) is 4.39 Å². The minimum atomic E-state index is -0.205. The monoisotopic (exact) mass is 508 g/mol. The van der Waals surface area contributed by atoms with Gasteiger partial charge in [0.2, 0.25) is 5.91 Å². The number of nitrogens with one attached hydrogen (secondary N) is 2. The summed E-state index contributed by atoms with van der Waals surface area (Å²) in [5, 5.41) is 6.55. The van der Waals surface area contributed by atoms with Gasteiger partial charge in [-0.05, 0) is 49.3 Å². The van der Waals surface area contributed by atoms with Crippen LogP contribution in [0.5, 0.6) is 0 Å². The molecule has 152 valence electrons. The lowest BCUT2D eigenvalue weighted by Gasteiger charge is -2.16. The quantitative estimate of drug-likeness (QED) is 0.233. The molecule has 1 heterocycles. The van der Waals surface area contributed by atoms with Crippen molar-refractivity contribution < 1.29 is 9.18 Å². The number of benzene rings is 1. The largest absolute Gasteiger partial charge is 0.357 e. The Morgan fingerprint density at radius 3 is 2.81 bits per heavy atom. The number of likely N-dealkylation sites (tertiary alicyclic amines) is 1. The van der Waals surface area contributed by atoms with E-state index < -0.39 is 0 Å². The topological polar surface area (TPSA) is 56.7 Å². The van der Waals surface area contributed by atoms with Crippen LogP contribution in [0.15, 0.2) is 23.2 Å². The van der Waals surface area contributed by atoms with Gasteiger partial charge in [0.15, 0.2) is 5.96 Å². The van der Waals surface area contributed by atoms with Crippen LogP contribution in [0, 0.1) is 5.82 Å². The second kappa shape index (κ2) is 13.2. The molecule has 0 aliphatic carbocycles. The molecule has 1 aromatic carbocycles. The van der Waals surface area contributed by atoms with Crippen LogP contribution in [0.3, 0.4) is 0 Å². The van der Waals surface area contributed by atoms with Gasteiger partial charge in [0.05, 0.1) is 6.54 Å². The number of nitrogens with zero attached hydrogens (tertiary/aromatic N) is 2. The SMILES string of the molecule is CCNC(=NCc1ccc(F)cc1CSC)NCCCN1CCCC1=O.I. The maximum absolute atomic E-state index is 13.5. The molecule has 0 radical (unpaired) electrons. The van der Waals surface area contributed by atoms with Crippen molar-refractivity contribution >= 4 is 47.6 Å². The van der Waals surface area contributed by atoms with E-state index in [-0.39, 0.29) is 35.7 Å². The van der Waals surface area contributed by atoms with Crippen molar-refractivity contribution in [1.29, 1.82) is 0 Å². The van der Waals surface area contributed by atoms with E-state index in [4.69, 9.17) is 0 Å². The number of carbonyl (C=O) groups is 1. The van der Waals surface area contributed by atoms with E-state index >= 15 is 0 Å². The summed E-state index contributed by atoms with van der Waals surface area (Å²) in [7, 11) is 0. The summed E-state index contributed by atoms with van der Waals surface area (Å²) in [5.41, 5.74) is 2.03. The predicted molar refractivity (Wildman–Crippen MR) is 122 cm³/mol. The summed E-state index contributed by atoms with van der Waals surface area (Å²) in [6.45, 7) is 5.75. The first-order valence-electron chi connectivity index (χ1n) is 9.20. The van der Waals surface area contributed by atoms with Gasteiger partial charge in [-0.25, -0.2) is 9.38 Å². The van der Waals surface area contributed by atoms with Crippen molar-refractivity contribution in [2.75, 3.05) is 32.4 Å². The molecule has 27 heavy (non-hydrogen) atoms. The van der Waals surface area contributed by atoms with Crippen molar-refractivity contribution in [2.24, 2.45) is 4.99 Å². The van der Waals surface area contributed by atoms with Crippen molar-refractivity contribution in [1.82, 2.24) is 15.5 Å². The van der Waals surface area contributed by atoms with Crippen molar-refractivity contribution in [3.63, 3.8) is 0 Å². The van der Waals surface area contributed by atoms with Crippen molar-refractivity contribution in [3.8, 4) is 0 Å². The lowest BCUT2D eigenvalue weighted by molar-refractivity contribution is -0.127. The Bertz CT molecular complexity index is 630. The molecule has 1 saturated heterocycles. The van der Waals surface area contributed by atoms with E-state index in [1.54, 1.807) is 17.8 Å². The Kier molecular flexibility index (Phi) is 11.7. The highest BCUT2D eigenvalue weighted by atomic mass is 127. The van der Waals surface area contributed by atoms with Gasteiger partial charge in [-0.1, -0.05) is 6.07 Å². The minimum Gasteiger partial charge on any atom is -0.357 e. The molecule has 1 fully saturated rings. The zero-order valence-electron chi connectivity index (χ0n) is 16.1. The smallest absolute Gasteiger partial charge is 0.222 e. The molecule has 0 atom stereocenters. The first kappa shape index (κ1) is 24.0. The van der Waals surface area contributed by atoms with Gasteiger partial charge < -0.3 is 15.5 Å². The highest BCUT2D eigenvalue weighted by Gasteiger charge is 2.18. The number of aliphatic imine (C=N–C) groups is 1. The molecule has 1 aliphatic heterocycles. The number of guanidine groups is 1. The first-order chi connectivity index (χ1) is 12.6.